The largest absolute Gasteiger partial charge is 0.309 e. The van der Waals surface area contributed by atoms with Crippen molar-refractivity contribution in [2.45, 2.75) is 32.9 Å². The first-order valence-corrected chi connectivity index (χ1v) is 7.88. The molecule has 1 N–H and O–H groups in total. The standard InChI is InChI=1S/C16H18ClN5O/c1-10(16(23)21-15-4-3-13(17)8-19-15)22-6-5-12-7-18-11(2)20-14(12)9-22/h3-4,7-8,10H,5-6,9H2,1-2H3,(H,19,21,23)/t10-/m1/s1. The minimum absolute atomic E-state index is 0.0888. The van der Waals surface area contributed by atoms with Crippen LogP contribution in [0.25, 0.3) is 0 Å². The number of amides is 1. The Hall–Kier alpha value is -2.05. The molecule has 0 radical (unpaired) electrons. The predicted octanol–water partition coefficient (Wildman–Crippen LogP) is 2.22. The lowest BCUT2D eigenvalue weighted by molar-refractivity contribution is -0.121. The number of fused-ring (bicyclic) bond motifs is 1. The summed E-state index contributed by atoms with van der Waals surface area (Å²) in [7, 11) is 0. The molecule has 6 nitrogen and oxygen atoms in total. The molecule has 7 heteroatoms. The Kier molecular flexibility index (Phi) is 4.54. The molecular weight excluding hydrogens is 314 g/mol. The average Bonchev–Trinajstić information content (AvgIpc) is 2.55. The van der Waals surface area contributed by atoms with Crippen molar-refractivity contribution in [3.63, 3.8) is 0 Å². The Morgan fingerprint density at radius 3 is 2.91 bits per heavy atom. The number of aromatic nitrogens is 3. The van der Waals surface area contributed by atoms with E-state index in [2.05, 4.69) is 25.2 Å². The molecule has 1 aliphatic rings. The van der Waals surface area contributed by atoms with Crippen LogP contribution in [0, 0.1) is 6.92 Å². The molecule has 0 spiro atoms. The van der Waals surface area contributed by atoms with Crippen LogP contribution in [0.15, 0.2) is 24.5 Å². The minimum Gasteiger partial charge on any atom is -0.309 e. The molecule has 120 valence electrons. The van der Waals surface area contributed by atoms with Gasteiger partial charge in [-0.1, -0.05) is 11.6 Å². The second-order valence-corrected chi connectivity index (χ2v) is 6.07. The molecule has 0 unspecified atom stereocenters. The fourth-order valence-corrected chi connectivity index (χ4v) is 2.71. The number of carbonyl (C=O) groups is 1. The molecule has 3 rings (SSSR count). The van der Waals surface area contributed by atoms with Crippen molar-refractivity contribution >= 4 is 23.3 Å². The molecule has 1 amide bonds. The van der Waals surface area contributed by atoms with Gasteiger partial charge in [0.25, 0.3) is 0 Å². The zero-order chi connectivity index (χ0) is 16.4. The van der Waals surface area contributed by atoms with Crippen LogP contribution in [0.5, 0.6) is 0 Å². The Balaban J connectivity index is 1.67. The summed E-state index contributed by atoms with van der Waals surface area (Å²) in [5, 5.41) is 3.36. The van der Waals surface area contributed by atoms with Crippen LogP contribution in [-0.4, -0.2) is 38.3 Å². The molecule has 1 atom stereocenters. The maximum absolute atomic E-state index is 12.4. The smallest absolute Gasteiger partial charge is 0.242 e. The first-order valence-electron chi connectivity index (χ1n) is 7.51. The topological polar surface area (TPSA) is 71.0 Å². The highest BCUT2D eigenvalue weighted by atomic mass is 35.5. The van der Waals surface area contributed by atoms with Gasteiger partial charge in [0.15, 0.2) is 0 Å². The molecule has 0 saturated heterocycles. The number of carbonyl (C=O) groups excluding carboxylic acids is 1. The van der Waals surface area contributed by atoms with Crippen LogP contribution in [0.1, 0.15) is 24.0 Å². The van der Waals surface area contributed by atoms with E-state index in [-0.39, 0.29) is 11.9 Å². The number of rotatable bonds is 3. The van der Waals surface area contributed by atoms with Gasteiger partial charge >= 0.3 is 0 Å². The van der Waals surface area contributed by atoms with Gasteiger partial charge in [-0.05, 0) is 38.0 Å². The third-order valence-electron chi connectivity index (χ3n) is 4.00. The maximum Gasteiger partial charge on any atom is 0.242 e. The molecular formula is C16H18ClN5O. The zero-order valence-electron chi connectivity index (χ0n) is 13.1. The molecule has 0 bridgehead atoms. The summed E-state index contributed by atoms with van der Waals surface area (Å²) in [5.74, 6) is 1.17. The number of hydrogen-bond donors (Lipinski definition) is 1. The summed E-state index contributed by atoms with van der Waals surface area (Å²) in [5.41, 5.74) is 2.17. The third kappa shape index (κ3) is 3.65. The van der Waals surface area contributed by atoms with Crippen molar-refractivity contribution in [2.24, 2.45) is 0 Å². The number of nitrogens with zero attached hydrogens (tertiary/aromatic N) is 4. The van der Waals surface area contributed by atoms with Gasteiger partial charge in [0.05, 0.1) is 16.8 Å². The second kappa shape index (κ2) is 6.60. The van der Waals surface area contributed by atoms with E-state index >= 15 is 0 Å². The summed E-state index contributed by atoms with van der Waals surface area (Å²) >= 11 is 5.80. The van der Waals surface area contributed by atoms with Crippen LogP contribution >= 0.6 is 11.6 Å². The van der Waals surface area contributed by atoms with E-state index < -0.39 is 0 Å². The third-order valence-corrected chi connectivity index (χ3v) is 4.23. The molecule has 23 heavy (non-hydrogen) atoms. The first kappa shape index (κ1) is 15.8. The maximum atomic E-state index is 12.4. The Bertz CT molecular complexity index is 719. The first-order chi connectivity index (χ1) is 11.0. The number of hydrogen-bond acceptors (Lipinski definition) is 5. The van der Waals surface area contributed by atoms with Crippen LogP contribution < -0.4 is 5.32 Å². The van der Waals surface area contributed by atoms with Gasteiger partial charge in [-0.25, -0.2) is 15.0 Å². The quantitative estimate of drug-likeness (QED) is 0.933. The van der Waals surface area contributed by atoms with E-state index in [4.69, 9.17) is 11.6 Å². The normalized spacial score (nSPS) is 15.8. The summed E-state index contributed by atoms with van der Waals surface area (Å²) in [4.78, 5) is 27.3. The van der Waals surface area contributed by atoms with Crippen molar-refractivity contribution in [3.8, 4) is 0 Å². The van der Waals surface area contributed by atoms with Gasteiger partial charge in [-0.15, -0.1) is 0 Å². The Morgan fingerprint density at radius 1 is 1.35 bits per heavy atom. The predicted molar refractivity (Wildman–Crippen MR) is 88.2 cm³/mol. The Labute approximate surface area is 139 Å². The molecule has 2 aromatic rings. The van der Waals surface area contributed by atoms with E-state index in [1.54, 1.807) is 12.1 Å². The summed E-state index contributed by atoms with van der Waals surface area (Å²) in [6, 6.07) is 3.12. The van der Waals surface area contributed by atoms with E-state index in [1.807, 2.05) is 20.0 Å². The van der Waals surface area contributed by atoms with E-state index in [0.717, 1.165) is 24.5 Å². The zero-order valence-corrected chi connectivity index (χ0v) is 13.8. The van der Waals surface area contributed by atoms with Crippen molar-refractivity contribution in [1.82, 2.24) is 19.9 Å². The number of nitrogens with one attached hydrogen (secondary N) is 1. The van der Waals surface area contributed by atoms with Gasteiger partial charge in [0, 0.05) is 25.5 Å². The molecule has 0 saturated carbocycles. The van der Waals surface area contributed by atoms with Crippen molar-refractivity contribution in [2.75, 3.05) is 11.9 Å². The van der Waals surface area contributed by atoms with Gasteiger partial charge in [0.1, 0.15) is 11.6 Å². The molecule has 0 fully saturated rings. The van der Waals surface area contributed by atoms with Gasteiger partial charge in [-0.2, -0.15) is 0 Å². The van der Waals surface area contributed by atoms with Crippen LogP contribution in [0.4, 0.5) is 5.82 Å². The van der Waals surface area contributed by atoms with E-state index in [0.29, 0.717) is 17.4 Å². The van der Waals surface area contributed by atoms with Crippen LogP contribution in [-0.2, 0) is 17.8 Å². The highest BCUT2D eigenvalue weighted by Gasteiger charge is 2.26. The SMILES string of the molecule is Cc1ncc2c(n1)CN([C@H](C)C(=O)Nc1ccc(Cl)cn1)CC2. The average molecular weight is 332 g/mol. The van der Waals surface area contributed by atoms with Crippen molar-refractivity contribution in [1.29, 1.82) is 0 Å². The van der Waals surface area contributed by atoms with E-state index in [9.17, 15) is 4.79 Å². The summed E-state index contributed by atoms with van der Waals surface area (Å²) in [6.07, 6.45) is 4.25. The van der Waals surface area contributed by atoms with Crippen LogP contribution in [0.3, 0.4) is 0 Å². The fraction of sp³-hybridized carbons (Fsp3) is 0.375. The van der Waals surface area contributed by atoms with Gasteiger partial charge < -0.3 is 5.32 Å². The lowest BCUT2D eigenvalue weighted by Crippen LogP contribution is -2.45. The molecule has 0 aromatic carbocycles. The number of aryl methyl sites for hydroxylation is 1. The fourth-order valence-electron chi connectivity index (χ4n) is 2.60. The second-order valence-electron chi connectivity index (χ2n) is 5.64. The van der Waals surface area contributed by atoms with Crippen molar-refractivity contribution in [3.05, 3.63) is 46.6 Å². The summed E-state index contributed by atoms with van der Waals surface area (Å²) in [6.45, 7) is 5.23. The highest BCUT2D eigenvalue weighted by Crippen LogP contribution is 2.19. The molecule has 2 aromatic heterocycles. The minimum atomic E-state index is -0.268. The van der Waals surface area contributed by atoms with Gasteiger partial charge in [0.2, 0.25) is 5.91 Å². The van der Waals surface area contributed by atoms with Crippen molar-refractivity contribution < 1.29 is 4.79 Å². The molecule has 0 aliphatic carbocycles. The molecule has 3 heterocycles. The monoisotopic (exact) mass is 331 g/mol. The highest BCUT2D eigenvalue weighted by molar-refractivity contribution is 6.30. The lowest BCUT2D eigenvalue weighted by atomic mass is 10.0. The summed E-state index contributed by atoms with van der Waals surface area (Å²) < 4.78 is 0. The van der Waals surface area contributed by atoms with E-state index in [1.165, 1.54) is 11.8 Å². The van der Waals surface area contributed by atoms with Crippen LogP contribution in [0.2, 0.25) is 5.02 Å². The Morgan fingerprint density at radius 2 is 2.17 bits per heavy atom. The number of pyridine rings is 1. The number of halogens is 1. The lowest BCUT2D eigenvalue weighted by Gasteiger charge is -2.32. The number of anilines is 1. The van der Waals surface area contributed by atoms with Gasteiger partial charge in [-0.3, -0.25) is 9.69 Å². The molecule has 1 aliphatic heterocycles.